The number of rotatable bonds is 1. The number of nitrogen functional groups attached to an aromatic ring is 1. The third kappa shape index (κ3) is 1.60. The Hall–Kier alpha value is -1.09. The van der Waals surface area contributed by atoms with E-state index >= 15 is 0 Å². The van der Waals surface area contributed by atoms with Crippen molar-refractivity contribution in [3.05, 3.63) is 29.6 Å². The second-order valence-corrected chi connectivity index (χ2v) is 3.97. The highest BCUT2D eigenvalue weighted by Gasteiger charge is 2.26. The average molecular weight is 194 g/mol. The van der Waals surface area contributed by atoms with Gasteiger partial charge in [-0.15, -0.1) is 0 Å². The molecule has 0 aromatic heterocycles. The zero-order chi connectivity index (χ0) is 10.1. The standard InChI is InChI=1S/C11H15FN2/c12-7-4-5-9(11(14)6-7)8-2-1-3-10(8)13/h4-6,8,10H,1-3,13-14H2. The van der Waals surface area contributed by atoms with Crippen molar-refractivity contribution in [3.8, 4) is 0 Å². The van der Waals surface area contributed by atoms with E-state index in [2.05, 4.69) is 0 Å². The monoisotopic (exact) mass is 194 g/mol. The lowest BCUT2D eigenvalue weighted by Gasteiger charge is -2.17. The molecule has 0 bridgehead atoms. The van der Waals surface area contributed by atoms with Gasteiger partial charge < -0.3 is 11.5 Å². The summed E-state index contributed by atoms with van der Waals surface area (Å²) in [6.07, 6.45) is 3.25. The van der Waals surface area contributed by atoms with Gasteiger partial charge in [-0.25, -0.2) is 4.39 Å². The maximum atomic E-state index is 12.8. The molecule has 2 nitrogen and oxygen atoms in total. The number of hydrogen-bond donors (Lipinski definition) is 2. The molecule has 2 rings (SSSR count). The molecule has 1 fully saturated rings. The van der Waals surface area contributed by atoms with Crippen LogP contribution in [0.5, 0.6) is 0 Å². The van der Waals surface area contributed by atoms with E-state index in [1.807, 2.05) is 0 Å². The molecule has 0 aliphatic heterocycles. The molecule has 0 heterocycles. The van der Waals surface area contributed by atoms with Crippen molar-refractivity contribution in [3.63, 3.8) is 0 Å². The first-order valence-corrected chi connectivity index (χ1v) is 4.99. The molecule has 14 heavy (non-hydrogen) atoms. The summed E-state index contributed by atoms with van der Waals surface area (Å²) in [5.41, 5.74) is 13.3. The Morgan fingerprint density at radius 1 is 1.29 bits per heavy atom. The van der Waals surface area contributed by atoms with Crippen molar-refractivity contribution < 1.29 is 4.39 Å². The highest BCUT2D eigenvalue weighted by Crippen LogP contribution is 2.36. The van der Waals surface area contributed by atoms with Gasteiger partial charge in [0.15, 0.2) is 0 Å². The van der Waals surface area contributed by atoms with E-state index in [9.17, 15) is 4.39 Å². The predicted molar refractivity (Wildman–Crippen MR) is 55.4 cm³/mol. The number of halogens is 1. The summed E-state index contributed by atoms with van der Waals surface area (Å²) < 4.78 is 12.8. The largest absolute Gasteiger partial charge is 0.398 e. The van der Waals surface area contributed by atoms with E-state index < -0.39 is 0 Å². The highest BCUT2D eigenvalue weighted by atomic mass is 19.1. The van der Waals surface area contributed by atoms with E-state index in [0.29, 0.717) is 11.6 Å². The summed E-state index contributed by atoms with van der Waals surface area (Å²) in [5, 5.41) is 0. The van der Waals surface area contributed by atoms with Crippen LogP contribution in [-0.4, -0.2) is 6.04 Å². The lowest BCUT2D eigenvalue weighted by molar-refractivity contribution is 0.605. The van der Waals surface area contributed by atoms with Crippen LogP contribution in [-0.2, 0) is 0 Å². The van der Waals surface area contributed by atoms with Gasteiger partial charge in [0.05, 0.1) is 0 Å². The summed E-state index contributed by atoms with van der Waals surface area (Å²) in [6, 6.07) is 4.78. The number of hydrogen-bond acceptors (Lipinski definition) is 2. The minimum absolute atomic E-state index is 0.183. The summed E-state index contributed by atoms with van der Waals surface area (Å²) in [6.45, 7) is 0. The Kier molecular flexibility index (Phi) is 2.42. The molecule has 2 atom stereocenters. The van der Waals surface area contributed by atoms with Crippen molar-refractivity contribution in [2.24, 2.45) is 5.73 Å². The molecule has 1 aromatic rings. The predicted octanol–water partition coefficient (Wildman–Crippen LogP) is 2.00. The lowest BCUT2D eigenvalue weighted by atomic mass is 9.93. The number of anilines is 1. The fourth-order valence-electron chi connectivity index (χ4n) is 2.26. The van der Waals surface area contributed by atoms with E-state index in [-0.39, 0.29) is 11.9 Å². The van der Waals surface area contributed by atoms with Crippen molar-refractivity contribution in [2.45, 2.75) is 31.2 Å². The second-order valence-electron chi connectivity index (χ2n) is 3.97. The zero-order valence-corrected chi connectivity index (χ0v) is 8.04. The van der Waals surface area contributed by atoms with E-state index in [4.69, 9.17) is 11.5 Å². The van der Waals surface area contributed by atoms with Crippen molar-refractivity contribution in [1.29, 1.82) is 0 Å². The molecule has 0 saturated heterocycles. The van der Waals surface area contributed by atoms with E-state index in [1.165, 1.54) is 12.1 Å². The third-order valence-corrected chi connectivity index (χ3v) is 3.02. The quantitative estimate of drug-likeness (QED) is 0.672. The van der Waals surface area contributed by atoms with Crippen molar-refractivity contribution in [2.75, 3.05) is 5.73 Å². The molecule has 1 aliphatic rings. The Morgan fingerprint density at radius 2 is 2.07 bits per heavy atom. The molecule has 0 radical (unpaired) electrons. The molecule has 1 aromatic carbocycles. The highest BCUT2D eigenvalue weighted by molar-refractivity contribution is 5.49. The van der Waals surface area contributed by atoms with Crippen LogP contribution in [0.2, 0.25) is 0 Å². The lowest BCUT2D eigenvalue weighted by Crippen LogP contribution is -2.23. The normalized spacial score (nSPS) is 26.7. The van der Waals surface area contributed by atoms with Gasteiger partial charge in [-0.3, -0.25) is 0 Å². The molecule has 3 heteroatoms. The maximum Gasteiger partial charge on any atom is 0.125 e. The van der Waals surface area contributed by atoms with Crippen LogP contribution in [0.25, 0.3) is 0 Å². The minimum atomic E-state index is -0.280. The topological polar surface area (TPSA) is 52.0 Å². The van der Waals surface area contributed by atoms with Gasteiger partial charge >= 0.3 is 0 Å². The zero-order valence-electron chi connectivity index (χ0n) is 8.04. The summed E-state index contributed by atoms with van der Waals surface area (Å²) in [7, 11) is 0. The van der Waals surface area contributed by atoms with Crippen LogP contribution in [0.4, 0.5) is 10.1 Å². The smallest absolute Gasteiger partial charge is 0.125 e. The Balaban J connectivity index is 2.31. The van der Waals surface area contributed by atoms with Gasteiger partial charge in [-0.05, 0) is 30.5 Å². The first kappa shape index (κ1) is 9.46. The molecule has 4 N–H and O–H groups in total. The van der Waals surface area contributed by atoms with Crippen LogP contribution >= 0.6 is 0 Å². The Bertz CT molecular complexity index is 338. The molecule has 1 saturated carbocycles. The SMILES string of the molecule is Nc1cc(F)ccc1C1CCCC1N. The van der Waals surface area contributed by atoms with Crippen LogP contribution in [0.15, 0.2) is 18.2 Å². The fraction of sp³-hybridized carbons (Fsp3) is 0.455. The second kappa shape index (κ2) is 3.58. The summed E-state index contributed by atoms with van der Waals surface area (Å²) in [5.74, 6) is 0.0356. The van der Waals surface area contributed by atoms with Gasteiger partial charge in [-0.2, -0.15) is 0 Å². The summed E-state index contributed by atoms with van der Waals surface area (Å²) in [4.78, 5) is 0. The van der Waals surface area contributed by atoms with Crippen LogP contribution in [0.3, 0.4) is 0 Å². The van der Waals surface area contributed by atoms with Crippen molar-refractivity contribution >= 4 is 5.69 Å². The van der Waals surface area contributed by atoms with Gasteiger partial charge in [0.1, 0.15) is 5.82 Å². The molecular formula is C11H15FN2. The Morgan fingerprint density at radius 3 is 2.64 bits per heavy atom. The number of benzene rings is 1. The average Bonchev–Trinajstić information content (AvgIpc) is 2.52. The molecule has 76 valence electrons. The van der Waals surface area contributed by atoms with Crippen LogP contribution in [0, 0.1) is 5.82 Å². The minimum Gasteiger partial charge on any atom is -0.398 e. The van der Waals surface area contributed by atoms with Crippen LogP contribution in [0.1, 0.15) is 30.7 Å². The van der Waals surface area contributed by atoms with Crippen molar-refractivity contribution in [1.82, 2.24) is 0 Å². The molecule has 1 aliphatic carbocycles. The first-order valence-electron chi connectivity index (χ1n) is 4.99. The van der Waals surface area contributed by atoms with Gasteiger partial charge in [0.2, 0.25) is 0 Å². The molecule has 2 unspecified atom stereocenters. The maximum absolute atomic E-state index is 12.8. The Labute approximate surface area is 83.1 Å². The number of nitrogens with two attached hydrogens (primary N) is 2. The van der Waals surface area contributed by atoms with E-state index in [0.717, 1.165) is 24.8 Å². The fourth-order valence-corrected chi connectivity index (χ4v) is 2.26. The summed E-state index contributed by atoms with van der Waals surface area (Å²) >= 11 is 0. The van der Waals surface area contributed by atoms with Gasteiger partial charge in [-0.1, -0.05) is 12.5 Å². The molecular weight excluding hydrogens is 179 g/mol. The van der Waals surface area contributed by atoms with Crippen LogP contribution < -0.4 is 11.5 Å². The first-order chi connectivity index (χ1) is 6.68. The van der Waals surface area contributed by atoms with E-state index in [1.54, 1.807) is 6.07 Å². The van der Waals surface area contributed by atoms with Gasteiger partial charge in [0, 0.05) is 17.6 Å². The third-order valence-electron chi connectivity index (χ3n) is 3.02. The van der Waals surface area contributed by atoms with Gasteiger partial charge in [0.25, 0.3) is 0 Å². The molecule has 0 spiro atoms. The molecule has 0 amide bonds.